The van der Waals surface area contributed by atoms with Crippen LogP contribution in [0.25, 0.3) is 10.9 Å². The molecule has 1 aromatic heterocycles. The molecule has 136 valence electrons. The van der Waals surface area contributed by atoms with Gasteiger partial charge in [0, 0.05) is 56.1 Å². The highest BCUT2D eigenvalue weighted by Crippen LogP contribution is 2.35. The first-order chi connectivity index (χ1) is 12.0. The van der Waals surface area contributed by atoms with Crippen molar-refractivity contribution in [1.82, 2.24) is 14.9 Å². The van der Waals surface area contributed by atoms with Gasteiger partial charge in [-0.25, -0.2) is 9.97 Å². The molecule has 0 N–H and O–H groups in total. The summed E-state index contributed by atoms with van der Waals surface area (Å²) in [5.74, 6) is 2.13. The Labute approximate surface area is 154 Å². The van der Waals surface area contributed by atoms with Crippen LogP contribution in [0, 0.1) is 0 Å². The molecule has 1 aliphatic heterocycles. The number of hydrogen-bond donors (Lipinski definition) is 1. The smallest absolute Gasteiger partial charge is 0.180 e. The highest BCUT2D eigenvalue weighted by molar-refractivity contribution is 7.75. The Balaban J connectivity index is 1.90. The van der Waals surface area contributed by atoms with Gasteiger partial charge >= 0.3 is 0 Å². The van der Waals surface area contributed by atoms with Gasteiger partial charge < -0.3 is 13.8 Å². The fourth-order valence-electron chi connectivity index (χ4n) is 3.28. The van der Waals surface area contributed by atoms with Gasteiger partial charge in [0.05, 0.1) is 12.6 Å². The summed E-state index contributed by atoms with van der Waals surface area (Å²) in [5.41, 5.74) is 1.06. The SMILES string of the molecule is CCC(C)(C)N1CCN(c2ncnc3cc(OS)c(OC)cc23)CC1. The molecule has 2 heterocycles. The van der Waals surface area contributed by atoms with E-state index in [4.69, 9.17) is 8.92 Å². The van der Waals surface area contributed by atoms with Crippen LogP contribution >= 0.6 is 12.9 Å². The Morgan fingerprint density at radius 3 is 2.44 bits per heavy atom. The number of methoxy groups -OCH3 is 1. The van der Waals surface area contributed by atoms with E-state index in [1.54, 1.807) is 13.4 Å². The molecule has 2 aromatic rings. The largest absolute Gasteiger partial charge is 0.493 e. The Morgan fingerprint density at radius 1 is 1.12 bits per heavy atom. The van der Waals surface area contributed by atoms with Crippen LogP contribution in [0.15, 0.2) is 18.5 Å². The predicted molar refractivity (Wildman–Crippen MR) is 104 cm³/mol. The number of piperazine rings is 1. The molecule has 0 spiro atoms. The number of thiol groups is 1. The van der Waals surface area contributed by atoms with Crippen molar-refractivity contribution >= 4 is 29.6 Å². The van der Waals surface area contributed by atoms with Crippen LogP contribution < -0.4 is 13.8 Å². The van der Waals surface area contributed by atoms with Crippen molar-refractivity contribution in [2.45, 2.75) is 32.7 Å². The lowest BCUT2D eigenvalue weighted by atomic mass is 9.98. The Bertz CT molecular complexity index is 745. The minimum atomic E-state index is 0.238. The lowest BCUT2D eigenvalue weighted by Gasteiger charge is -2.44. The molecule has 1 saturated heterocycles. The third-order valence-electron chi connectivity index (χ3n) is 5.30. The van der Waals surface area contributed by atoms with E-state index in [0.29, 0.717) is 11.5 Å². The summed E-state index contributed by atoms with van der Waals surface area (Å²) >= 11 is 3.89. The van der Waals surface area contributed by atoms with Crippen LogP contribution in [-0.2, 0) is 0 Å². The maximum atomic E-state index is 5.41. The van der Waals surface area contributed by atoms with E-state index in [-0.39, 0.29) is 5.54 Å². The number of benzene rings is 1. The third kappa shape index (κ3) is 3.48. The summed E-state index contributed by atoms with van der Waals surface area (Å²) in [6.07, 6.45) is 2.75. The molecule has 0 amide bonds. The number of hydrogen-bond acceptors (Lipinski definition) is 7. The Hall–Kier alpha value is -1.73. The van der Waals surface area contributed by atoms with Crippen LogP contribution in [0.1, 0.15) is 27.2 Å². The first kappa shape index (κ1) is 18.1. The van der Waals surface area contributed by atoms with Gasteiger partial charge in [-0.05, 0) is 26.3 Å². The summed E-state index contributed by atoms with van der Waals surface area (Å²) in [7, 11) is 1.62. The first-order valence-corrected chi connectivity index (χ1v) is 9.01. The van der Waals surface area contributed by atoms with Crippen molar-refractivity contribution in [2.24, 2.45) is 0 Å². The van der Waals surface area contributed by atoms with Crippen LogP contribution in [0.3, 0.4) is 0 Å². The molecule has 1 aromatic carbocycles. The van der Waals surface area contributed by atoms with Crippen molar-refractivity contribution in [3.8, 4) is 11.5 Å². The molecule has 7 heteroatoms. The molecule has 0 saturated carbocycles. The van der Waals surface area contributed by atoms with Gasteiger partial charge in [0.25, 0.3) is 0 Å². The van der Waals surface area contributed by atoms with Crippen molar-refractivity contribution in [3.05, 3.63) is 18.5 Å². The van der Waals surface area contributed by atoms with Crippen LogP contribution in [0.4, 0.5) is 5.82 Å². The van der Waals surface area contributed by atoms with Crippen molar-refractivity contribution < 1.29 is 8.92 Å². The average molecular weight is 362 g/mol. The van der Waals surface area contributed by atoms with Crippen LogP contribution in [0.5, 0.6) is 11.5 Å². The maximum Gasteiger partial charge on any atom is 0.180 e. The van der Waals surface area contributed by atoms with E-state index in [0.717, 1.165) is 49.3 Å². The number of rotatable bonds is 5. The van der Waals surface area contributed by atoms with Crippen molar-refractivity contribution in [3.63, 3.8) is 0 Å². The highest BCUT2D eigenvalue weighted by Gasteiger charge is 2.29. The van der Waals surface area contributed by atoms with E-state index in [2.05, 4.69) is 53.4 Å². The number of nitrogens with zero attached hydrogens (tertiary/aromatic N) is 4. The van der Waals surface area contributed by atoms with E-state index in [9.17, 15) is 0 Å². The van der Waals surface area contributed by atoms with Crippen molar-refractivity contribution in [1.29, 1.82) is 0 Å². The fraction of sp³-hybridized carbons (Fsp3) is 0.556. The van der Waals surface area contributed by atoms with E-state index in [1.165, 1.54) is 0 Å². The summed E-state index contributed by atoms with van der Waals surface area (Å²) < 4.78 is 10.5. The maximum absolute atomic E-state index is 5.41. The van der Waals surface area contributed by atoms with Gasteiger partial charge in [0.1, 0.15) is 12.1 Å². The summed E-state index contributed by atoms with van der Waals surface area (Å²) in [6.45, 7) is 10.8. The summed E-state index contributed by atoms with van der Waals surface area (Å²) in [5, 5.41) is 0.969. The Kier molecular flexibility index (Phi) is 5.24. The second kappa shape index (κ2) is 7.25. The zero-order valence-corrected chi connectivity index (χ0v) is 16.2. The lowest BCUT2D eigenvalue weighted by molar-refractivity contribution is 0.108. The molecule has 0 aliphatic carbocycles. The fourth-order valence-corrected chi connectivity index (χ4v) is 3.42. The number of aromatic nitrogens is 2. The second-order valence-electron chi connectivity index (χ2n) is 6.95. The topological polar surface area (TPSA) is 50.7 Å². The molecule has 0 bridgehead atoms. The molecule has 1 aliphatic rings. The highest BCUT2D eigenvalue weighted by atomic mass is 32.1. The zero-order valence-electron chi connectivity index (χ0n) is 15.3. The van der Waals surface area contributed by atoms with Gasteiger partial charge in [-0.1, -0.05) is 6.92 Å². The zero-order chi connectivity index (χ0) is 18.0. The van der Waals surface area contributed by atoms with E-state index >= 15 is 0 Å². The molecule has 0 radical (unpaired) electrons. The number of ether oxygens (including phenoxy) is 1. The van der Waals surface area contributed by atoms with Gasteiger partial charge in [0.15, 0.2) is 11.5 Å². The molecular formula is C18H26N4O2S. The summed E-state index contributed by atoms with van der Waals surface area (Å²) in [6, 6.07) is 3.77. The molecule has 0 unspecified atom stereocenters. The number of fused-ring (bicyclic) bond motifs is 1. The number of anilines is 1. The van der Waals surface area contributed by atoms with E-state index < -0.39 is 0 Å². The monoisotopic (exact) mass is 362 g/mol. The minimum Gasteiger partial charge on any atom is -0.493 e. The quantitative estimate of drug-likeness (QED) is 0.651. The minimum absolute atomic E-state index is 0.238. The van der Waals surface area contributed by atoms with Crippen LogP contribution in [0.2, 0.25) is 0 Å². The van der Waals surface area contributed by atoms with Gasteiger partial charge in [-0.3, -0.25) is 4.90 Å². The molecule has 6 nitrogen and oxygen atoms in total. The molecule has 3 rings (SSSR count). The molecular weight excluding hydrogens is 336 g/mol. The molecule has 0 atom stereocenters. The first-order valence-electron chi connectivity index (χ1n) is 8.64. The predicted octanol–water partition coefficient (Wildman–Crippen LogP) is 3.17. The Morgan fingerprint density at radius 2 is 1.84 bits per heavy atom. The van der Waals surface area contributed by atoms with Gasteiger partial charge in [0.2, 0.25) is 0 Å². The van der Waals surface area contributed by atoms with Crippen LogP contribution in [-0.4, -0.2) is 53.7 Å². The van der Waals surface area contributed by atoms with Gasteiger partial charge in [-0.15, -0.1) is 0 Å². The summed E-state index contributed by atoms with van der Waals surface area (Å²) in [4.78, 5) is 13.8. The molecule has 1 fully saturated rings. The molecule has 25 heavy (non-hydrogen) atoms. The third-order valence-corrected chi connectivity index (χ3v) is 5.50. The van der Waals surface area contributed by atoms with Gasteiger partial charge in [-0.2, -0.15) is 0 Å². The normalized spacial score (nSPS) is 16.3. The van der Waals surface area contributed by atoms with Crippen molar-refractivity contribution in [2.75, 3.05) is 38.2 Å². The lowest BCUT2D eigenvalue weighted by Crippen LogP contribution is -2.54. The second-order valence-corrected chi connectivity index (χ2v) is 7.13. The average Bonchev–Trinajstić information content (AvgIpc) is 2.66. The standard InChI is InChI=1S/C18H26N4O2S/c1-5-18(2,3)22-8-6-21(7-9-22)17-13-10-15(23-4)16(24-25)11-14(13)19-12-20-17/h10-12,25H,5-9H2,1-4H3. The van der Waals surface area contributed by atoms with E-state index in [1.807, 2.05) is 12.1 Å².